The van der Waals surface area contributed by atoms with Crippen molar-refractivity contribution in [1.29, 1.82) is 0 Å². The van der Waals surface area contributed by atoms with Crippen LogP contribution in [-0.2, 0) is 11.3 Å². The van der Waals surface area contributed by atoms with Gasteiger partial charge in [0.2, 0.25) is 0 Å². The zero-order valence-corrected chi connectivity index (χ0v) is 14.0. The third kappa shape index (κ3) is 4.64. The van der Waals surface area contributed by atoms with Crippen molar-refractivity contribution in [3.8, 4) is 0 Å². The van der Waals surface area contributed by atoms with E-state index < -0.39 is 0 Å². The Hall–Kier alpha value is -1.20. The molecular weight excluding hydrogens is 282 g/mol. The van der Waals surface area contributed by atoms with Gasteiger partial charge in [-0.05, 0) is 24.8 Å². The van der Waals surface area contributed by atoms with Crippen molar-refractivity contribution >= 4 is 27.4 Å². The minimum atomic E-state index is 0.266. The highest BCUT2D eigenvalue weighted by Gasteiger charge is 2.09. The van der Waals surface area contributed by atoms with Crippen LogP contribution in [0.25, 0.3) is 10.2 Å². The lowest BCUT2D eigenvalue weighted by molar-refractivity contribution is 0.0421. The summed E-state index contributed by atoms with van der Waals surface area (Å²) >= 11 is 1.64. The summed E-state index contributed by atoms with van der Waals surface area (Å²) in [5.41, 5.74) is 0. The minimum Gasteiger partial charge on any atom is -0.372 e. The Morgan fingerprint density at radius 2 is 2.14 bits per heavy atom. The van der Waals surface area contributed by atoms with Gasteiger partial charge in [-0.15, -0.1) is 11.3 Å². The summed E-state index contributed by atoms with van der Waals surface area (Å²) < 4.78 is 5.89. The lowest BCUT2D eigenvalue weighted by Crippen LogP contribution is -2.10. The van der Waals surface area contributed by atoms with Crippen LogP contribution in [0.2, 0.25) is 0 Å². The molecule has 0 radical (unpaired) electrons. The first kappa shape index (κ1) is 16.2. The van der Waals surface area contributed by atoms with Gasteiger partial charge in [0.05, 0.1) is 11.5 Å². The normalized spacial score (nSPS) is 12.7. The molecule has 0 saturated carbocycles. The average Bonchev–Trinajstić information content (AvgIpc) is 2.97. The van der Waals surface area contributed by atoms with Gasteiger partial charge in [-0.3, -0.25) is 0 Å². The van der Waals surface area contributed by atoms with Crippen molar-refractivity contribution in [2.24, 2.45) is 0 Å². The number of ether oxygens (including phenoxy) is 1. The van der Waals surface area contributed by atoms with Crippen molar-refractivity contribution in [2.45, 2.75) is 58.7 Å². The molecule has 0 aromatic carbocycles. The van der Waals surface area contributed by atoms with Crippen molar-refractivity contribution in [3.63, 3.8) is 0 Å². The predicted molar refractivity (Wildman–Crippen MR) is 90.0 cm³/mol. The molecule has 0 aliphatic carbocycles. The van der Waals surface area contributed by atoms with Crippen molar-refractivity contribution in [2.75, 3.05) is 12.4 Å². The quantitative estimate of drug-likeness (QED) is 0.687. The summed E-state index contributed by atoms with van der Waals surface area (Å²) in [6.07, 6.45) is 6.50. The van der Waals surface area contributed by atoms with E-state index in [-0.39, 0.29) is 6.10 Å². The largest absolute Gasteiger partial charge is 0.372 e. The van der Waals surface area contributed by atoms with E-state index in [4.69, 9.17) is 4.74 Å². The first-order chi connectivity index (χ1) is 10.2. The molecule has 5 heteroatoms. The van der Waals surface area contributed by atoms with Gasteiger partial charge < -0.3 is 10.1 Å². The molecule has 4 nitrogen and oxygen atoms in total. The van der Waals surface area contributed by atoms with Crippen molar-refractivity contribution < 1.29 is 4.74 Å². The number of nitrogens with zero attached hydrogens (tertiary/aromatic N) is 2. The van der Waals surface area contributed by atoms with Gasteiger partial charge in [-0.1, -0.05) is 32.6 Å². The van der Waals surface area contributed by atoms with E-state index in [1.165, 1.54) is 25.7 Å². The number of fused-ring (bicyclic) bond motifs is 1. The zero-order valence-electron chi connectivity index (χ0n) is 13.2. The number of unbranched alkanes of at least 4 members (excludes halogenated alkanes) is 3. The van der Waals surface area contributed by atoms with Gasteiger partial charge in [0.1, 0.15) is 17.3 Å². The maximum absolute atomic E-state index is 5.89. The van der Waals surface area contributed by atoms with Crippen molar-refractivity contribution in [1.82, 2.24) is 9.97 Å². The lowest BCUT2D eigenvalue weighted by Gasteiger charge is -2.13. The fraction of sp³-hybridized carbons (Fsp3) is 0.625. The third-order valence-electron chi connectivity index (χ3n) is 3.57. The monoisotopic (exact) mass is 307 g/mol. The second-order valence-electron chi connectivity index (χ2n) is 5.35. The molecule has 0 aliphatic heterocycles. The first-order valence-corrected chi connectivity index (χ1v) is 8.66. The van der Waals surface area contributed by atoms with Gasteiger partial charge in [-0.2, -0.15) is 0 Å². The Kier molecular flexibility index (Phi) is 6.39. The van der Waals surface area contributed by atoms with E-state index in [1.807, 2.05) is 18.5 Å². The fourth-order valence-corrected chi connectivity index (χ4v) is 3.10. The molecule has 116 valence electrons. The molecule has 0 saturated heterocycles. The molecule has 2 rings (SSSR count). The van der Waals surface area contributed by atoms with Crippen LogP contribution in [-0.4, -0.2) is 23.1 Å². The van der Waals surface area contributed by atoms with Gasteiger partial charge >= 0.3 is 0 Å². The standard InChI is InChI=1S/C16H25N3OS/c1-4-5-6-7-8-12(2)20-11-14-18-15(17-3)13-9-10-21-16(13)19-14/h9-10,12H,4-8,11H2,1-3H3,(H,17,18,19). The summed E-state index contributed by atoms with van der Waals surface area (Å²) in [5, 5.41) is 6.26. The maximum Gasteiger partial charge on any atom is 0.158 e. The van der Waals surface area contributed by atoms with E-state index in [2.05, 4.69) is 29.1 Å². The second-order valence-corrected chi connectivity index (χ2v) is 6.24. The van der Waals surface area contributed by atoms with Gasteiger partial charge in [0.25, 0.3) is 0 Å². The summed E-state index contributed by atoms with van der Waals surface area (Å²) in [5.74, 6) is 1.64. The number of rotatable bonds is 9. The average molecular weight is 307 g/mol. The van der Waals surface area contributed by atoms with E-state index in [9.17, 15) is 0 Å². The Bertz CT molecular complexity index is 555. The summed E-state index contributed by atoms with van der Waals surface area (Å²) in [7, 11) is 1.89. The molecule has 1 unspecified atom stereocenters. The topological polar surface area (TPSA) is 47.0 Å². The van der Waals surface area contributed by atoms with E-state index in [1.54, 1.807) is 11.3 Å². The fourth-order valence-electron chi connectivity index (χ4n) is 2.31. The SMILES string of the molecule is CCCCCCC(C)OCc1nc(NC)c2ccsc2n1. The summed E-state index contributed by atoms with van der Waals surface area (Å²) in [6, 6.07) is 2.05. The number of nitrogens with one attached hydrogen (secondary N) is 1. The van der Waals surface area contributed by atoms with Crippen LogP contribution in [0.1, 0.15) is 51.8 Å². The first-order valence-electron chi connectivity index (χ1n) is 7.78. The molecule has 2 heterocycles. The van der Waals surface area contributed by atoms with Gasteiger partial charge in [0.15, 0.2) is 5.82 Å². The van der Waals surface area contributed by atoms with Crippen LogP contribution in [0.15, 0.2) is 11.4 Å². The van der Waals surface area contributed by atoms with Crippen LogP contribution in [0.4, 0.5) is 5.82 Å². The Labute approximate surface area is 131 Å². The van der Waals surface area contributed by atoms with Crippen LogP contribution < -0.4 is 5.32 Å². The molecule has 2 aromatic rings. The maximum atomic E-state index is 5.89. The molecule has 0 bridgehead atoms. The predicted octanol–water partition coefficient (Wildman–Crippen LogP) is 4.61. The van der Waals surface area contributed by atoms with E-state index in [0.29, 0.717) is 6.61 Å². The Morgan fingerprint density at radius 1 is 1.29 bits per heavy atom. The molecule has 0 aliphatic rings. The van der Waals surface area contributed by atoms with Crippen molar-refractivity contribution in [3.05, 3.63) is 17.3 Å². The van der Waals surface area contributed by atoms with E-state index >= 15 is 0 Å². The number of hydrogen-bond acceptors (Lipinski definition) is 5. The third-order valence-corrected chi connectivity index (χ3v) is 4.38. The Morgan fingerprint density at radius 3 is 2.90 bits per heavy atom. The molecule has 21 heavy (non-hydrogen) atoms. The van der Waals surface area contributed by atoms with Crippen LogP contribution >= 0.6 is 11.3 Å². The van der Waals surface area contributed by atoms with E-state index in [0.717, 1.165) is 28.3 Å². The highest BCUT2D eigenvalue weighted by Crippen LogP contribution is 2.25. The van der Waals surface area contributed by atoms with Crippen LogP contribution in [0.3, 0.4) is 0 Å². The number of hydrogen-bond donors (Lipinski definition) is 1. The summed E-state index contributed by atoms with van der Waals surface area (Å²) in [6.45, 7) is 4.85. The minimum absolute atomic E-state index is 0.266. The Balaban J connectivity index is 1.88. The van der Waals surface area contributed by atoms with Gasteiger partial charge in [-0.25, -0.2) is 9.97 Å². The molecule has 0 amide bonds. The van der Waals surface area contributed by atoms with Crippen LogP contribution in [0, 0.1) is 0 Å². The molecule has 1 atom stereocenters. The van der Waals surface area contributed by atoms with Gasteiger partial charge in [0, 0.05) is 7.05 Å². The molecule has 0 spiro atoms. The lowest BCUT2D eigenvalue weighted by atomic mass is 10.1. The highest BCUT2D eigenvalue weighted by molar-refractivity contribution is 7.16. The smallest absolute Gasteiger partial charge is 0.158 e. The molecule has 1 N–H and O–H groups in total. The number of thiophene rings is 1. The number of anilines is 1. The molecule has 2 aromatic heterocycles. The second kappa shape index (κ2) is 8.29. The highest BCUT2D eigenvalue weighted by atomic mass is 32.1. The number of aromatic nitrogens is 2. The molecule has 0 fully saturated rings. The summed E-state index contributed by atoms with van der Waals surface area (Å²) in [4.78, 5) is 10.1. The van der Waals surface area contributed by atoms with Crippen LogP contribution in [0.5, 0.6) is 0 Å². The zero-order chi connectivity index (χ0) is 15.1. The molecular formula is C16H25N3OS.